The van der Waals surface area contributed by atoms with Crippen LogP contribution in [0.2, 0.25) is 0 Å². The van der Waals surface area contributed by atoms with E-state index in [-0.39, 0.29) is 24.9 Å². The second-order valence-electron chi connectivity index (χ2n) is 3.98. The molecule has 0 heterocycles. The number of non-ortho nitro benzene ring substituents is 2. The van der Waals surface area contributed by atoms with E-state index in [0.717, 1.165) is 18.2 Å². The van der Waals surface area contributed by atoms with Gasteiger partial charge < -0.3 is 15.2 Å². The molecular weight excluding hydrogens is 286 g/mol. The maximum Gasteiger partial charge on any atom is 0.277 e. The Morgan fingerprint density at radius 1 is 1.05 bits per heavy atom. The minimum atomic E-state index is -1.27. The molecule has 10 heteroatoms. The van der Waals surface area contributed by atoms with Crippen LogP contribution in [0, 0.1) is 20.2 Å². The number of aliphatic carboxylic acids is 1. The normalized spacial score (nSPS) is 9.90. The van der Waals surface area contributed by atoms with E-state index in [1.807, 2.05) is 0 Å². The number of nitro benzene ring substituents is 2. The van der Waals surface area contributed by atoms with E-state index >= 15 is 0 Å². The van der Waals surface area contributed by atoms with Crippen molar-refractivity contribution in [1.29, 1.82) is 0 Å². The minimum Gasteiger partial charge on any atom is -0.550 e. The number of benzene rings is 1. The van der Waals surface area contributed by atoms with Crippen LogP contribution in [-0.4, -0.2) is 28.3 Å². The van der Waals surface area contributed by atoms with Crippen LogP contribution in [0.1, 0.15) is 23.2 Å². The number of carboxylic acid groups (broad SMARTS) is 1. The lowest BCUT2D eigenvalue weighted by molar-refractivity contribution is -0.394. The topological polar surface area (TPSA) is 156 Å². The van der Waals surface area contributed by atoms with Gasteiger partial charge in [0.1, 0.15) is 0 Å². The van der Waals surface area contributed by atoms with Crippen LogP contribution in [0.15, 0.2) is 18.2 Å². The summed E-state index contributed by atoms with van der Waals surface area (Å²) in [5.41, 5.74) is -1.41. The fraction of sp³-hybridized carbons (Fsp3) is 0.273. The second kappa shape index (κ2) is 6.93. The molecule has 112 valence electrons. The first-order chi connectivity index (χ1) is 9.81. The minimum absolute atomic E-state index is 0.00328. The Morgan fingerprint density at radius 3 is 2.00 bits per heavy atom. The van der Waals surface area contributed by atoms with Crippen LogP contribution < -0.4 is 10.4 Å². The lowest BCUT2D eigenvalue weighted by Crippen LogP contribution is -2.27. The Kier molecular flexibility index (Phi) is 5.29. The fourth-order valence-corrected chi connectivity index (χ4v) is 1.47. The number of carbonyl (C=O) groups is 2. The highest BCUT2D eigenvalue weighted by atomic mass is 16.6. The molecule has 1 N–H and O–H groups in total. The van der Waals surface area contributed by atoms with Crippen LogP contribution >= 0.6 is 0 Å². The summed E-state index contributed by atoms with van der Waals surface area (Å²) < 4.78 is 0. The molecule has 0 spiro atoms. The Morgan fingerprint density at radius 2 is 1.57 bits per heavy atom. The molecular formula is C11H10N3O7-. The highest BCUT2D eigenvalue weighted by Crippen LogP contribution is 2.22. The van der Waals surface area contributed by atoms with E-state index in [1.54, 1.807) is 0 Å². The third kappa shape index (κ3) is 4.86. The Labute approximate surface area is 117 Å². The second-order valence-corrected chi connectivity index (χ2v) is 3.98. The SMILES string of the molecule is O=C([O-])CCCNC(=O)c1cc([N+](=O)[O-])cc([N+](=O)[O-])c1. The highest BCUT2D eigenvalue weighted by molar-refractivity contribution is 5.95. The first-order valence-electron chi connectivity index (χ1n) is 5.73. The smallest absolute Gasteiger partial charge is 0.277 e. The molecule has 0 aromatic heterocycles. The van der Waals surface area contributed by atoms with E-state index in [4.69, 9.17) is 0 Å². The van der Waals surface area contributed by atoms with Gasteiger partial charge >= 0.3 is 0 Å². The Hall–Kier alpha value is -3.04. The number of rotatable bonds is 7. The molecule has 0 aliphatic heterocycles. The Balaban J connectivity index is 2.85. The third-order valence-electron chi connectivity index (χ3n) is 2.43. The van der Waals surface area contributed by atoms with Crippen LogP contribution in [0.5, 0.6) is 0 Å². The molecule has 0 saturated heterocycles. The number of amides is 1. The summed E-state index contributed by atoms with van der Waals surface area (Å²) >= 11 is 0. The summed E-state index contributed by atoms with van der Waals surface area (Å²) in [7, 11) is 0. The molecule has 0 radical (unpaired) electrons. The first-order valence-corrected chi connectivity index (χ1v) is 5.73. The summed E-state index contributed by atoms with van der Waals surface area (Å²) in [4.78, 5) is 41.5. The zero-order chi connectivity index (χ0) is 16.0. The number of nitro groups is 2. The van der Waals surface area contributed by atoms with Crippen molar-refractivity contribution in [2.45, 2.75) is 12.8 Å². The van der Waals surface area contributed by atoms with E-state index in [0.29, 0.717) is 0 Å². The number of carbonyl (C=O) groups excluding carboxylic acids is 2. The number of nitrogens with one attached hydrogen (secondary N) is 1. The molecule has 0 fully saturated rings. The van der Waals surface area contributed by atoms with Crippen molar-refractivity contribution >= 4 is 23.3 Å². The van der Waals surface area contributed by atoms with Crippen LogP contribution in [0.4, 0.5) is 11.4 Å². The average molecular weight is 296 g/mol. The number of hydrogen-bond donors (Lipinski definition) is 1. The van der Waals surface area contributed by atoms with Gasteiger partial charge in [-0.1, -0.05) is 0 Å². The maximum atomic E-state index is 11.7. The monoisotopic (exact) mass is 296 g/mol. The molecule has 21 heavy (non-hydrogen) atoms. The Bertz CT molecular complexity index is 567. The van der Waals surface area contributed by atoms with Crippen molar-refractivity contribution in [2.24, 2.45) is 0 Å². The van der Waals surface area contributed by atoms with E-state index < -0.39 is 33.1 Å². The number of hydrogen-bond acceptors (Lipinski definition) is 7. The van der Waals surface area contributed by atoms with Gasteiger partial charge in [0.25, 0.3) is 17.3 Å². The van der Waals surface area contributed by atoms with Gasteiger partial charge in [-0.3, -0.25) is 25.0 Å². The lowest BCUT2D eigenvalue weighted by Gasteiger charge is -2.05. The first kappa shape index (κ1) is 16.0. The van der Waals surface area contributed by atoms with E-state index in [1.165, 1.54) is 0 Å². The molecule has 1 amide bonds. The zero-order valence-electron chi connectivity index (χ0n) is 10.6. The van der Waals surface area contributed by atoms with Gasteiger partial charge in [0.05, 0.1) is 21.5 Å². The van der Waals surface area contributed by atoms with Crippen molar-refractivity contribution in [1.82, 2.24) is 5.32 Å². The molecule has 0 atom stereocenters. The van der Waals surface area contributed by atoms with Gasteiger partial charge in [0.2, 0.25) is 0 Å². The van der Waals surface area contributed by atoms with Gasteiger partial charge in [-0.05, 0) is 12.8 Å². The summed E-state index contributed by atoms with van der Waals surface area (Å²) in [6, 6.07) is 2.55. The van der Waals surface area contributed by atoms with Gasteiger partial charge in [0, 0.05) is 24.6 Å². The van der Waals surface area contributed by atoms with Crippen LogP contribution in [0.3, 0.4) is 0 Å². The fourth-order valence-electron chi connectivity index (χ4n) is 1.47. The summed E-state index contributed by atoms with van der Waals surface area (Å²) in [6.07, 6.45) is -0.138. The van der Waals surface area contributed by atoms with Crippen molar-refractivity contribution in [3.63, 3.8) is 0 Å². The quantitative estimate of drug-likeness (QED) is 0.413. The molecule has 1 rings (SSSR count). The predicted octanol–water partition coefficient (Wildman–Crippen LogP) is -0.237. The molecule has 1 aromatic carbocycles. The lowest BCUT2D eigenvalue weighted by atomic mass is 10.1. The maximum absolute atomic E-state index is 11.7. The summed E-state index contributed by atoms with van der Waals surface area (Å²) in [6.45, 7) is 0.00328. The molecule has 0 bridgehead atoms. The highest BCUT2D eigenvalue weighted by Gasteiger charge is 2.19. The summed E-state index contributed by atoms with van der Waals surface area (Å²) in [5, 5.41) is 33.8. The molecule has 0 unspecified atom stereocenters. The largest absolute Gasteiger partial charge is 0.550 e. The summed E-state index contributed by atoms with van der Waals surface area (Å²) in [5.74, 6) is -2.03. The van der Waals surface area contributed by atoms with Gasteiger partial charge in [-0.2, -0.15) is 0 Å². The number of carboxylic acids is 1. The van der Waals surface area contributed by atoms with Crippen LogP contribution in [-0.2, 0) is 4.79 Å². The van der Waals surface area contributed by atoms with Crippen molar-refractivity contribution in [3.05, 3.63) is 44.0 Å². The van der Waals surface area contributed by atoms with E-state index in [2.05, 4.69) is 5.32 Å². The third-order valence-corrected chi connectivity index (χ3v) is 2.43. The van der Waals surface area contributed by atoms with Crippen molar-refractivity contribution < 1.29 is 24.5 Å². The van der Waals surface area contributed by atoms with E-state index in [9.17, 15) is 34.9 Å². The molecule has 0 aliphatic rings. The van der Waals surface area contributed by atoms with Gasteiger partial charge in [-0.15, -0.1) is 0 Å². The van der Waals surface area contributed by atoms with Gasteiger partial charge in [-0.25, -0.2) is 0 Å². The van der Waals surface area contributed by atoms with Crippen LogP contribution in [0.25, 0.3) is 0 Å². The zero-order valence-corrected chi connectivity index (χ0v) is 10.6. The molecule has 10 nitrogen and oxygen atoms in total. The number of nitrogens with zero attached hydrogens (tertiary/aromatic N) is 2. The van der Waals surface area contributed by atoms with Crippen molar-refractivity contribution in [3.8, 4) is 0 Å². The molecule has 0 aliphatic carbocycles. The van der Waals surface area contributed by atoms with Gasteiger partial charge in [0.15, 0.2) is 0 Å². The predicted molar refractivity (Wildman–Crippen MR) is 66.3 cm³/mol. The molecule has 0 saturated carbocycles. The standard InChI is InChI=1S/C11H11N3O7/c15-10(16)2-1-3-12-11(17)7-4-8(13(18)19)6-9(5-7)14(20)21/h4-6H,1-3H2,(H,12,17)(H,15,16)/p-1. The average Bonchev–Trinajstić information content (AvgIpc) is 2.42. The molecule has 1 aromatic rings. The van der Waals surface area contributed by atoms with Crippen molar-refractivity contribution in [2.75, 3.05) is 6.54 Å².